The van der Waals surface area contributed by atoms with Gasteiger partial charge in [0.25, 0.3) is 0 Å². The molecule has 3 rings (SSSR count). The zero-order valence-corrected chi connectivity index (χ0v) is 13.9. The number of hydrogen-bond acceptors (Lipinski definition) is 3. The van der Waals surface area contributed by atoms with Crippen molar-refractivity contribution in [2.45, 2.75) is 25.8 Å². The molecule has 1 aliphatic heterocycles. The van der Waals surface area contributed by atoms with Crippen molar-refractivity contribution in [3.63, 3.8) is 0 Å². The van der Waals surface area contributed by atoms with Gasteiger partial charge in [0.1, 0.15) is 6.04 Å². The van der Waals surface area contributed by atoms with Gasteiger partial charge in [0.15, 0.2) is 0 Å². The van der Waals surface area contributed by atoms with Crippen LogP contribution in [-0.2, 0) is 9.59 Å². The molecule has 1 aromatic carbocycles. The molecule has 5 nitrogen and oxygen atoms in total. The number of pyridine rings is 1. The Morgan fingerprint density at radius 2 is 2.08 bits per heavy atom. The van der Waals surface area contributed by atoms with E-state index in [4.69, 9.17) is 0 Å². The number of piperazine rings is 1. The number of aromatic nitrogens is 1. The molecule has 1 N–H and O–H groups in total. The summed E-state index contributed by atoms with van der Waals surface area (Å²) >= 11 is 0. The third-order valence-corrected chi connectivity index (χ3v) is 4.53. The Morgan fingerprint density at radius 3 is 2.79 bits per heavy atom. The van der Waals surface area contributed by atoms with Crippen molar-refractivity contribution < 1.29 is 9.59 Å². The lowest BCUT2D eigenvalue weighted by molar-refractivity contribution is -0.144. The van der Waals surface area contributed by atoms with Crippen LogP contribution in [0.25, 0.3) is 0 Å². The summed E-state index contributed by atoms with van der Waals surface area (Å²) in [5, 5.41) is 2.88. The van der Waals surface area contributed by atoms with Crippen molar-refractivity contribution in [1.29, 1.82) is 0 Å². The molecule has 2 heterocycles. The van der Waals surface area contributed by atoms with E-state index in [1.54, 1.807) is 17.3 Å². The molecule has 0 aliphatic carbocycles. The second kappa shape index (κ2) is 6.83. The summed E-state index contributed by atoms with van der Waals surface area (Å²) < 4.78 is 0. The quantitative estimate of drug-likeness (QED) is 0.942. The Bertz CT molecular complexity index is 745. The van der Waals surface area contributed by atoms with Crippen LogP contribution in [0.4, 0.5) is 0 Å². The van der Waals surface area contributed by atoms with Gasteiger partial charge in [-0.2, -0.15) is 0 Å². The van der Waals surface area contributed by atoms with E-state index in [-0.39, 0.29) is 17.7 Å². The largest absolute Gasteiger partial charge is 0.352 e. The van der Waals surface area contributed by atoms with Crippen LogP contribution < -0.4 is 5.32 Å². The van der Waals surface area contributed by atoms with Crippen LogP contribution >= 0.6 is 0 Å². The molecule has 2 unspecified atom stereocenters. The van der Waals surface area contributed by atoms with Gasteiger partial charge >= 0.3 is 0 Å². The maximum atomic E-state index is 13.1. The number of aryl methyl sites for hydroxylation is 1. The zero-order chi connectivity index (χ0) is 17.1. The molecule has 124 valence electrons. The van der Waals surface area contributed by atoms with Crippen molar-refractivity contribution in [2.75, 3.05) is 13.1 Å². The van der Waals surface area contributed by atoms with Crippen LogP contribution in [0.2, 0.25) is 0 Å². The minimum absolute atomic E-state index is 0.0499. The van der Waals surface area contributed by atoms with E-state index in [0.717, 1.165) is 16.7 Å². The van der Waals surface area contributed by atoms with Gasteiger partial charge in [-0.1, -0.05) is 30.3 Å². The maximum absolute atomic E-state index is 13.1. The predicted octanol–water partition coefficient (Wildman–Crippen LogP) is 2.19. The third-order valence-electron chi connectivity index (χ3n) is 4.53. The lowest BCUT2D eigenvalue weighted by atomic mass is 9.94. The highest BCUT2D eigenvalue weighted by atomic mass is 16.2. The van der Waals surface area contributed by atoms with Crippen LogP contribution in [0.3, 0.4) is 0 Å². The van der Waals surface area contributed by atoms with E-state index in [1.165, 1.54) is 0 Å². The van der Waals surface area contributed by atoms with Crippen LogP contribution in [0.1, 0.15) is 35.6 Å². The van der Waals surface area contributed by atoms with Gasteiger partial charge in [0.05, 0.1) is 5.92 Å². The standard InChI is InChI=1S/C19H21N3O2/c1-13-6-3-4-8-16(13)17-18(23)21-10-11-22(17)19(24)14(2)15-7-5-9-20-12-15/h3-9,12,14,17H,10-11H2,1-2H3,(H,21,23). The molecular weight excluding hydrogens is 302 g/mol. The van der Waals surface area contributed by atoms with Crippen LogP contribution in [0, 0.1) is 6.92 Å². The lowest BCUT2D eigenvalue weighted by Crippen LogP contribution is -2.53. The van der Waals surface area contributed by atoms with Crippen molar-refractivity contribution in [3.05, 3.63) is 65.5 Å². The summed E-state index contributed by atoms with van der Waals surface area (Å²) in [5.41, 5.74) is 2.74. The molecule has 5 heteroatoms. The first kappa shape index (κ1) is 16.2. The average molecular weight is 323 g/mol. The van der Waals surface area contributed by atoms with Gasteiger partial charge in [0.2, 0.25) is 11.8 Å². The van der Waals surface area contributed by atoms with E-state index in [1.807, 2.05) is 50.2 Å². The Balaban J connectivity index is 1.93. The van der Waals surface area contributed by atoms with Gasteiger partial charge in [0, 0.05) is 25.5 Å². The average Bonchev–Trinajstić information content (AvgIpc) is 2.62. The molecule has 2 aromatic rings. The van der Waals surface area contributed by atoms with Crippen LogP contribution in [-0.4, -0.2) is 34.8 Å². The second-order valence-corrected chi connectivity index (χ2v) is 6.09. The van der Waals surface area contributed by atoms with E-state index in [2.05, 4.69) is 10.3 Å². The highest BCUT2D eigenvalue weighted by Gasteiger charge is 2.37. The molecule has 0 saturated carbocycles. The normalized spacial score (nSPS) is 18.8. The van der Waals surface area contributed by atoms with E-state index in [9.17, 15) is 9.59 Å². The Hall–Kier alpha value is -2.69. The molecule has 0 spiro atoms. The number of benzene rings is 1. The Labute approximate surface area is 141 Å². The minimum Gasteiger partial charge on any atom is -0.352 e. The molecule has 1 aromatic heterocycles. The molecule has 2 atom stereocenters. The Morgan fingerprint density at radius 1 is 1.29 bits per heavy atom. The number of hydrogen-bond donors (Lipinski definition) is 1. The molecule has 1 saturated heterocycles. The van der Waals surface area contributed by atoms with Crippen LogP contribution in [0.15, 0.2) is 48.8 Å². The van der Waals surface area contributed by atoms with Crippen molar-refractivity contribution in [2.24, 2.45) is 0 Å². The SMILES string of the molecule is Cc1ccccc1C1C(=O)NCCN1C(=O)C(C)c1cccnc1. The minimum atomic E-state index is -0.577. The first-order valence-corrected chi connectivity index (χ1v) is 8.13. The number of nitrogens with one attached hydrogen (secondary N) is 1. The maximum Gasteiger partial charge on any atom is 0.247 e. The number of carbonyl (C=O) groups is 2. The summed E-state index contributed by atoms with van der Waals surface area (Å²) in [6.45, 7) is 4.81. The molecule has 1 aliphatic rings. The summed E-state index contributed by atoms with van der Waals surface area (Å²) in [4.78, 5) is 31.3. The summed E-state index contributed by atoms with van der Waals surface area (Å²) in [7, 11) is 0. The van der Waals surface area contributed by atoms with E-state index < -0.39 is 6.04 Å². The van der Waals surface area contributed by atoms with Gasteiger partial charge in [-0.25, -0.2) is 0 Å². The molecule has 0 bridgehead atoms. The monoisotopic (exact) mass is 323 g/mol. The van der Waals surface area contributed by atoms with Gasteiger partial charge in [-0.3, -0.25) is 14.6 Å². The van der Waals surface area contributed by atoms with E-state index in [0.29, 0.717) is 13.1 Å². The molecular formula is C19H21N3O2. The zero-order valence-electron chi connectivity index (χ0n) is 13.9. The molecule has 1 fully saturated rings. The highest BCUT2D eigenvalue weighted by Crippen LogP contribution is 2.29. The first-order chi connectivity index (χ1) is 11.6. The van der Waals surface area contributed by atoms with Crippen molar-refractivity contribution in [1.82, 2.24) is 15.2 Å². The van der Waals surface area contributed by atoms with Gasteiger partial charge in [-0.15, -0.1) is 0 Å². The first-order valence-electron chi connectivity index (χ1n) is 8.13. The fourth-order valence-electron chi connectivity index (χ4n) is 3.13. The van der Waals surface area contributed by atoms with Crippen LogP contribution in [0.5, 0.6) is 0 Å². The van der Waals surface area contributed by atoms with E-state index >= 15 is 0 Å². The topological polar surface area (TPSA) is 62.3 Å². The van der Waals surface area contributed by atoms with Crippen molar-refractivity contribution in [3.8, 4) is 0 Å². The molecule has 2 amide bonds. The third kappa shape index (κ3) is 3.02. The van der Waals surface area contributed by atoms with Crippen molar-refractivity contribution >= 4 is 11.8 Å². The predicted molar refractivity (Wildman–Crippen MR) is 91.3 cm³/mol. The summed E-state index contributed by atoms with van der Waals surface area (Å²) in [6, 6.07) is 10.8. The molecule has 24 heavy (non-hydrogen) atoms. The number of nitrogens with zero attached hydrogens (tertiary/aromatic N) is 2. The Kier molecular flexibility index (Phi) is 4.60. The van der Waals surface area contributed by atoms with Gasteiger partial charge < -0.3 is 10.2 Å². The smallest absolute Gasteiger partial charge is 0.247 e. The van der Waals surface area contributed by atoms with Gasteiger partial charge in [-0.05, 0) is 36.6 Å². The summed E-state index contributed by atoms with van der Waals surface area (Å²) in [6.07, 6.45) is 3.39. The second-order valence-electron chi connectivity index (χ2n) is 6.09. The fourth-order valence-corrected chi connectivity index (χ4v) is 3.13. The summed E-state index contributed by atoms with van der Waals surface area (Å²) in [5.74, 6) is -0.510. The number of carbonyl (C=O) groups excluding carboxylic acids is 2. The lowest BCUT2D eigenvalue weighted by Gasteiger charge is -2.37. The fraction of sp³-hybridized carbons (Fsp3) is 0.316. The number of rotatable bonds is 3. The number of amides is 2. The molecule has 0 radical (unpaired) electrons. The highest BCUT2D eigenvalue weighted by molar-refractivity contribution is 5.92.